The number of aryl methyl sites for hydroxylation is 2. The van der Waals surface area contributed by atoms with Crippen molar-refractivity contribution in [1.29, 1.82) is 0 Å². The van der Waals surface area contributed by atoms with Crippen LogP contribution in [-0.2, 0) is 16.5 Å². The first-order valence-electron chi connectivity index (χ1n) is 7.12. The van der Waals surface area contributed by atoms with Gasteiger partial charge >= 0.3 is 15.8 Å². The van der Waals surface area contributed by atoms with Crippen LogP contribution in [0.15, 0.2) is 47.4 Å². The Morgan fingerprint density at radius 2 is 1.78 bits per heavy atom. The van der Waals surface area contributed by atoms with Crippen LogP contribution in [0.25, 0.3) is 0 Å². The highest BCUT2D eigenvalue weighted by Gasteiger charge is 2.23. The maximum atomic E-state index is 12.3. The minimum atomic E-state index is -4.12. The minimum absolute atomic E-state index is 0.0350. The SMILES string of the molecule is CCCc1ccc(S(=O)(=O)Oc2ccc(C)cc2[N+](=O)[O-])cc1. The third-order valence-corrected chi connectivity index (χ3v) is 4.51. The zero-order valence-electron chi connectivity index (χ0n) is 12.9. The Kier molecular flexibility index (Phi) is 5.00. The van der Waals surface area contributed by atoms with E-state index in [2.05, 4.69) is 0 Å². The number of hydrogen-bond donors (Lipinski definition) is 0. The summed E-state index contributed by atoms with van der Waals surface area (Å²) in [4.78, 5) is 10.3. The number of nitrogens with zero attached hydrogens (tertiary/aromatic N) is 1. The molecule has 0 amide bonds. The zero-order valence-corrected chi connectivity index (χ0v) is 13.7. The molecule has 2 rings (SSSR count). The molecule has 0 aliphatic carbocycles. The Balaban J connectivity index is 2.33. The fraction of sp³-hybridized carbons (Fsp3) is 0.250. The van der Waals surface area contributed by atoms with Crippen molar-refractivity contribution in [3.63, 3.8) is 0 Å². The summed E-state index contributed by atoms with van der Waals surface area (Å²) in [6.07, 6.45) is 1.81. The fourth-order valence-electron chi connectivity index (χ4n) is 2.12. The van der Waals surface area contributed by atoms with Gasteiger partial charge in [0.2, 0.25) is 5.75 Å². The van der Waals surface area contributed by atoms with Gasteiger partial charge in [-0.25, -0.2) is 0 Å². The predicted molar refractivity (Wildman–Crippen MR) is 86.1 cm³/mol. The third kappa shape index (κ3) is 4.07. The Morgan fingerprint density at radius 1 is 1.13 bits per heavy atom. The van der Waals surface area contributed by atoms with Gasteiger partial charge in [-0.05, 0) is 42.7 Å². The molecule has 0 N–H and O–H groups in total. The highest BCUT2D eigenvalue weighted by Crippen LogP contribution is 2.30. The van der Waals surface area contributed by atoms with Gasteiger partial charge in [-0.3, -0.25) is 10.1 Å². The van der Waals surface area contributed by atoms with E-state index in [0.29, 0.717) is 5.56 Å². The van der Waals surface area contributed by atoms with Gasteiger partial charge in [-0.15, -0.1) is 0 Å². The lowest BCUT2D eigenvalue weighted by atomic mass is 10.1. The van der Waals surface area contributed by atoms with Gasteiger partial charge < -0.3 is 4.18 Å². The topological polar surface area (TPSA) is 86.5 Å². The van der Waals surface area contributed by atoms with E-state index in [1.807, 2.05) is 6.92 Å². The molecule has 2 aromatic carbocycles. The van der Waals surface area contributed by atoms with Gasteiger partial charge in [0.05, 0.1) is 4.92 Å². The molecule has 2 aromatic rings. The average Bonchev–Trinajstić information content (AvgIpc) is 2.49. The van der Waals surface area contributed by atoms with Crippen molar-refractivity contribution in [3.8, 4) is 5.75 Å². The first-order valence-corrected chi connectivity index (χ1v) is 8.53. The molecule has 0 aliphatic heterocycles. The minimum Gasteiger partial charge on any atom is -0.372 e. The summed E-state index contributed by atoms with van der Waals surface area (Å²) in [7, 11) is -4.12. The molecular formula is C16H17NO5S. The van der Waals surface area contributed by atoms with E-state index in [9.17, 15) is 18.5 Å². The van der Waals surface area contributed by atoms with E-state index in [4.69, 9.17) is 4.18 Å². The molecule has 0 spiro atoms. The maximum Gasteiger partial charge on any atom is 0.339 e. The Labute approximate surface area is 135 Å². The molecule has 23 heavy (non-hydrogen) atoms. The molecule has 0 unspecified atom stereocenters. The van der Waals surface area contributed by atoms with Crippen molar-refractivity contribution in [2.45, 2.75) is 31.6 Å². The molecule has 0 saturated carbocycles. The third-order valence-electron chi connectivity index (χ3n) is 3.26. The summed E-state index contributed by atoms with van der Waals surface area (Å²) in [5.74, 6) is -0.293. The Morgan fingerprint density at radius 3 is 2.35 bits per heavy atom. The number of nitro benzene ring substituents is 1. The van der Waals surface area contributed by atoms with Crippen LogP contribution in [0.1, 0.15) is 24.5 Å². The van der Waals surface area contributed by atoms with Crippen LogP contribution in [0.4, 0.5) is 5.69 Å². The molecule has 0 fully saturated rings. The van der Waals surface area contributed by atoms with Gasteiger partial charge in [0.15, 0.2) is 0 Å². The van der Waals surface area contributed by atoms with Gasteiger partial charge in [0, 0.05) is 6.07 Å². The molecule has 122 valence electrons. The van der Waals surface area contributed by atoms with Gasteiger partial charge in [-0.2, -0.15) is 8.42 Å². The second kappa shape index (κ2) is 6.78. The zero-order chi connectivity index (χ0) is 17.0. The molecule has 0 aromatic heterocycles. The highest BCUT2D eigenvalue weighted by atomic mass is 32.2. The molecule has 0 aliphatic rings. The first kappa shape index (κ1) is 17.0. The predicted octanol–water partition coefficient (Wildman–Crippen LogP) is 3.62. The van der Waals surface area contributed by atoms with E-state index in [0.717, 1.165) is 18.4 Å². The van der Waals surface area contributed by atoms with Crippen LogP contribution in [0.2, 0.25) is 0 Å². The van der Waals surface area contributed by atoms with E-state index < -0.39 is 15.0 Å². The van der Waals surface area contributed by atoms with E-state index >= 15 is 0 Å². The van der Waals surface area contributed by atoms with E-state index in [1.165, 1.54) is 24.3 Å². The van der Waals surface area contributed by atoms with Gasteiger partial charge in [0.25, 0.3) is 0 Å². The van der Waals surface area contributed by atoms with E-state index in [-0.39, 0.29) is 16.3 Å². The summed E-state index contributed by atoms with van der Waals surface area (Å²) in [5, 5.41) is 11.0. The molecule has 0 heterocycles. The van der Waals surface area contributed by atoms with Crippen LogP contribution < -0.4 is 4.18 Å². The normalized spacial score (nSPS) is 11.2. The van der Waals surface area contributed by atoms with Gasteiger partial charge in [-0.1, -0.05) is 31.5 Å². The van der Waals surface area contributed by atoms with Crippen LogP contribution in [0, 0.1) is 17.0 Å². The maximum absolute atomic E-state index is 12.3. The standard InChI is InChI=1S/C16H17NO5S/c1-3-4-13-6-8-14(9-7-13)23(20,21)22-16-10-5-12(2)11-15(16)17(18)19/h5-11H,3-4H2,1-2H3. The van der Waals surface area contributed by atoms with Crippen LogP contribution >= 0.6 is 0 Å². The lowest BCUT2D eigenvalue weighted by Crippen LogP contribution is -2.11. The Bertz CT molecular complexity index is 813. The van der Waals surface area contributed by atoms with Crippen molar-refractivity contribution < 1.29 is 17.5 Å². The molecule has 0 bridgehead atoms. The number of benzene rings is 2. The second-order valence-electron chi connectivity index (χ2n) is 5.16. The second-order valence-corrected chi connectivity index (χ2v) is 6.71. The van der Waals surface area contributed by atoms with Crippen molar-refractivity contribution in [3.05, 3.63) is 63.7 Å². The highest BCUT2D eigenvalue weighted by molar-refractivity contribution is 7.87. The molecule has 0 atom stereocenters. The number of hydrogen-bond acceptors (Lipinski definition) is 5. The summed E-state index contributed by atoms with van der Waals surface area (Å²) < 4.78 is 29.5. The lowest BCUT2D eigenvalue weighted by Gasteiger charge is -2.08. The molecule has 0 radical (unpaired) electrons. The van der Waals surface area contributed by atoms with Crippen molar-refractivity contribution in [1.82, 2.24) is 0 Å². The fourth-order valence-corrected chi connectivity index (χ4v) is 3.06. The summed E-state index contributed by atoms with van der Waals surface area (Å²) in [6, 6.07) is 10.4. The molecule has 0 saturated heterocycles. The van der Waals surface area contributed by atoms with Crippen molar-refractivity contribution in [2.75, 3.05) is 0 Å². The van der Waals surface area contributed by atoms with Crippen molar-refractivity contribution in [2.24, 2.45) is 0 Å². The molecule has 7 heteroatoms. The first-order chi connectivity index (χ1) is 10.8. The van der Waals surface area contributed by atoms with Gasteiger partial charge in [0.1, 0.15) is 4.90 Å². The monoisotopic (exact) mass is 335 g/mol. The summed E-state index contributed by atoms with van der Waals surface area (Å²) in [6.45, 7) is 3.71. The van der Waals surface area contributed by atoms with Crippen molar-refractivity contribution >= 4 is 15.8 Å². The quantitative estimate of drug-likeness (QED) is 0.457. The van der Waals surface area contributed by atoms with E-state index in [1.54, 1.807) is 25.1 Å². The number of nitro groups is 1. The number of rotatable bonds is 6. The summed E-state index contributed by atoms with van der Waals surface area (Å²) in [5.41, 5.74) is 1.29. The van der Waals surface area contributed by atoms with Crippen LogP contribution in [0.3, 0.4) is 0 Å². The van der Waals surface area contributed by atoms with Crippen LogP contribution in [0.5, 0.6) is 5.75 Å². The summed E-state index contributed by atoms with van der Waals surface area (Å²) >= 11 is 0. The molecular weight excluding hydrogens is 318 g/mol. The average molecular weight is 335 g/mol. The van der Waals surface area contributed by atoms with Crippen LogP contribution in [-0.4, -0.2) is 13.3 Å². The Hall–Kier alpha value is -2.41. The smallest absolute Gasteiger partial charge is 0.339 e. The largest absolute Gasteiger partial charge is 0.372 e. The lowest BCUT2D eigenvalue weighted by molar-refractivity contribution is -0.385. The molecule has 6 nitrogen and oxygen atoms in total.